The highest BCUT2D eigenvalue weighted by molar-refractivity contribution is 8.01. The summed E-state index contributed by atoms with van der Waals surface area (Å²) in [4.78, 5) is 25.9. The molecule has 3 heterocycles. The zero-order valence-corrected chi connectivity index (χ0v) is 13.4. The maximum atomic E-state index is 11.8. The predicted octanol–water partition coefficient (Wildman–Crippen LogP) is -1.02. The van der Waals surface area contributed by atoms with E-state index < -0.39 is 12.0 Å². The number of β-lactam (4-membered cyclic amide) rings is 1. The number of aliphatic carboxylic acids is 1. The Kier molecular flexibility index (Phi) is 4.29. The third-order valence-corrected chi connectivity index (χ3v) is 5.61. The highest BCUT2D eigenvalue weighted by Gasteiger charge is 2.51. The molecule has 2 aliphatic heterocycles. The van der Waals surface area contributed by atoms with E-state index in [0.717, 1.165) is 0 Å². The molecule has 2 atom stereocenters. The summed E-state index contributed by atoms with van der Waals surface area (Å²) in [5.74, 6) is 1.75. The molecule has 0 spiro atoms. The van der Waals surface area contributed by atoms with Gasteiger partial charge in [0.15, 0.2) is 0 Å². The van der Waals surface area contributed by atoms with Gasteiger partial charge in [-0.1, -0.05) is 17.7 Å². The Labute approximate surface area is 139 Å². The van der Waals surface area contributed by atoms with Gasteiger partial charge in [-0.3, -0.25) is 9.69 Å². The van der Waals surface area contributed by atoms with Gasteiger partial charge in [-0.05, 0) is 10.8 Å². The first-order chi connectivity index (χ1) is 11.0. The zero-order valence-electron chi connectivity index (χ0n) is 11.7. The van der Waals surface area contributed by atoms with Crippen molar-refractivity contribution in [1.82, 2.24) is 25.1 Å². The van der Waals surface area contributed by atoms with Crippen molar-refractivity contribution in [2.24, 2.45) is 5.73 Å². The van der Waals surface area contributed by atoms with Crippen molar-refractivity contribution in [3.8, 4) is 12.3 Å². The monoisotopic (exact) mass is 352 g/mol. The first kappa shape index (κ1) is 15.9. The molecule has 120 valence electrons. The van der Waals surface area contributed by atoms with E-state index in [-0.39, 0.29) is 23.5 Å². The number of hydrogen-bond acceptors (Lipinski definition) is 8. The molecule has 2 aliphatic rings. The summed E-state index contributed by atoms with van der Waals surface area (Å²) in [6, 6.07) is -0.631. The molecule has 0 aliphatic carbocycles. The number of amides is 1. The molecule has 23 heavy (non-hydrogen) atoms. The number of carboxylic acids is 1. The third kappa shape index (κ3) is 2.80. The summed E-state index contributed by atoms with van der Waals surface area (Å²) in [5, 5.41) is 21.2. The Morgan fingerprint density at radius 3 is 3.09 bits per heavy atom. The molecule has 1 amide bonds. The van der Waals surface area contributed by atoms with E-state index in [1.807, 2.05) is 0 Å². The van der Waals surface area contributed by atoms with Crippen molar-refractivity contribution < 1.29 is 14.7 Å². The Morgan fingerprint density at radius 2 is 2.39 bits per heavy atom. The molecule has 1 aromatic heterocycles. The van der Waals surface area contributed by atoms with E-state index in [4.69, 9.17) is 12.2 Å². The molecule has 3 rings (SSSR count). The number of terminal acetylenes is 1. The van der Waals surface area contributed by atoms with Gasteiger partial charge in [0, 0.05) is 11.5 Å². The van der Waals surface area contributed by atoms with E-state index in [1.165, 1.54) is 33.2 Å². The molecule has 0 saturated carbocycles. The van der Waals surface area contributed by atoms with Gasteiger partial charge in [0.2, 0.25) is 11.1 Å². The second kappa shape index (κ2) is 6.23. The van der Waals surface area contributed by atoms with Crippen LogP contribution in [0.5, 0.6) is 0 Å². The molecule has 11 heteroatoms. The van der Waals surface area contributed by atoms with Gasteiger partial charge in [-0.2, -0.15) is 4.80 Å². The van der Waals surface area contributed by atoms with Crippen LogP contribution in [0.2, 0.25) is 0 Å². The Hall–Kier alpha value is -2.03. The van der Waals surface area contributed by atoms with Crippen LogP contribution in [-0.2, 0) is 16.1 Å². The van der Waals surface area contributed by atoms with Crippen LogP contribution >= 0.6 is 23.5 Å². The Balaban J connectivity index is 1.75. The summed E-state index contributed by atoms with van der Waals surface area (Å²) < 4.78 is 0. The van der Waals surface area contributed by atoms with Gasteiger partial charge >= 0.3 is 5.97 Å². The molecule has 0 bridgehead atoms. The van der Waals surface area contributed by atoms with Crippen LogP contribution in [0.15, 0.2) is 16.4 Å². The summed E-state index contributed by atoms with van der Waals surface area (Å²) in [6.07, 6.45) is 5.16. The number of rotatable bonds is 5. The average molecular weight is 352 g/mol. The molecular formula is C12H12N6O3S2. The fourth-order valence-electron chi connectivity index (χ4n) is 2.28. The molecule has 1 fully saturated rings. The average Bonchev–Trinajstić information content (AvgIpc) is 2.99. The van der Waals surface area contributed by atoms with Crippen LogP contribution in [0.25, 0.3) is 0 Å². The molecule has 1 unspecified atom stereocenters. The van der Waals surface area contributed by atoms with Crippen molar-refractivity contribution in [2.45, 2.75) is 23.1 Å². The van der Waals surface area contributed by atoms with Gasteiger partial charge in [-0.15, -0.1) is 28.4 Å². The van der Waals surface area contributed by atoms with Gasteiger partial charge in [0.25, 0.3) is 0 Å². The van der Waals surface area contributed by atoms with Gasteiger partial charge in [-0.25, -0.2) is 4.79 Å². The van der Waals surface area contributed by atoms with Crippen molar-refractivity contribution in [2.75, 3.05) is 11.5 Å². The maximum Gasteiger partial charge on any atom is 0.352 e. The van der Waals surface area contributed by atoms with Crippen LogP contribution in [0.3, 0.4) is 0 Å². The first-order valence-electron chi connectivity index (χ1n) is 6.52. The number of tetrazole rings is 1. The van der Waals surface area contributed by atoms with Gasteiger partial charge < -0.3 is 10.8 Å². The predicted molar refractivity (Wildman–Crippen MR) is 83.1 cm³/mol. The highest BCUT2D eigenvalue weighted by Crippen LogP contribution is 2.40. The number of carbonyl (C=O) groups excluding carboxylic acids is 1. The molecule has 0 aromatic carbocycles. The van der Waals surface area contributed by atoms with Gasteiger partial charge in [0.1, 0.15) is 23.7 Å². The maximum absolute atomic E-state index is 11.8. The Bertz CT molecular complexity index is 739. The standard InChI is InChI=1S/C12H12N6O3S2/c1-2-3-17-15-12(14-16-17)23-5-6-4-22-10-7(13)9(19)18(10)8(6)11(20)21/h1,7,10H,3-5,13H2,(H,20,21)/t7?,10-/m0/s1. The number of carbonyl (C=O) groups is 2. The smallest absolute Gasteiger partial charge is 0.352 e. The van der Waals surface area contributed by atoms with Crippen LogP contribution in [0, 0.1) is 12.3 Å². The van der Waals surface area contributed by atoms with Crippen LogP contribution in [0.4, 0.5) is 0 Å². The van der Waals surface area contributed by atoms with E-state index in [1.54, 1.807) is 0 Å². The van der Waals surface area contributed by atoms with Crippen LogP contribution in [0.1, 0.15) is 0 Å². The molecular weight excluding hydrogens is 340 g/mol. The molecule has 9 nitrogen and oxygen atoms in total. The fourth-order valence-corrected chi connectivity index (χ4v) is 4.49. The summed E-state index contributed by atoms with van der Waals surface area (Å²) in [5.41, 5.74) is 6.35. The zero-order chi connectivity index (χ0) is 16.6. The highest BCUT2D eigenvalue weighted by atomic mass is 32.2. The quantitative estimate of drug-likeness (QED) is 0.389. The number of hydrogen-bond donors (Lipinski definition) is 2. The Morgan fingerprint density at radius 1 is 1.61 bits per heavy atom. The van der Waals surface area contributed by atoms with Gasteiger partial charge in [0.05, 0.1) is 0 Å². The lowest BCUT2D eigenvalue weighted by molar-refractivity contribution is -0.147. The number of thioether (sulfide) groups is 2. The number of nitrogens with two attached hydrogens (primary N) is 1. The summed E-state index contributed by atoms with van der Waals surface area (Å²) in [6.45, 7) is 0.217. The van der Waals surface area contributed by atoms with E-state index in [0.29, 0.717) is 22.2 Å². The lowest BCUT2D eigenvalue weighted by atomic mass is 10.0. The normalized spacial score (nSPS) is 23.3. The summed E-state index contributed by atoms with van der Waals surface area (Å²) >= 11 is 2.71. The molecule has 1 aromatic rings. The number of aromatic nitrogens is 4. The largest absolute Gasteiger partial charge is 0.477 e. The number of nitrogens with zero attached hydrogens (tertiary/aromatic N) is 5. The summed E-state index contributed by atoms with van der Waals surface area (Å²) in [7, 11) is 0. The minimum absolute atomic E-state index is 0.0176. The second-order valence-corrected chi connectivity index (χ2v) is 6.84. The minimum atomic E-state index is -1.13. The van der Waals surface area contributed by atoms with Crippen LogP contribution < -0.4 is 5.73 Å². The lowest BCUT2D eigenvalue weighted by Gasteiger charge is -2.48. The minimum Gasteiger partial charge on any atom is -0.477 e. The first-order valence-corrected chi connectivity index (χ1v) is 8.56. The SMILES string of the molecule is C#CCn1nnc(SCC2=C(C(=O)O)N3C(=O)C(N)[C@@H]3SC2)n1. The fraction of sp³-hybridized carbons (Fsp3) is 0.417. The van der Waals surface area contributed by atoms with Crippen LogP contribution in [-0.4, -0.2) is 65.0 Å². The van der Waals surface area contributed by atoms with E-state index in [9.17, 15) is 14.7 Å². The van der Waals surface area contributed by atoms with E-state index >= 15 is 0 Å². The number of fused-ring (bicyclic) bond motifs is 1. The van der Waals surface area contributed by atoms with Crippen molar-refractivity contribution in [3.05, 3.63) is 11.3 Å². The van der Waals surface area contributed by atoms with Crippen molar-refractivity contribution >= 4 is 35.4 Å². The third-order valence-electron chi connectivity index (χ3n) is 3.33. The lowest BCUT2D eigenvalue weighted by Crippen LogP contribution is -2.68. The topological polar surface area (TPSA) is 127 Å². The number of carboxylic acid groups (broad SMARTS) is 1. The van der Waals surface area contributed by atoms with Crippen molar-refractivity contribution in [3.63, 3.8) is 0 Å². The van der Waals surface area contributed by atoms with Crippen molar-refractivity contribution in [1.29, 1.82) is 0 Å². The van der Waals surface area contributed by atoms with E-state index in [2.05, 4.69) is 21.3 Å². The molecule has 3 N–H and O–H groups in total. The molecule has 0 radical (unpaired) electrons. The second-order valence-electron chi connectivity index (χ2n) is 4.79. The molecule has 1 saturated heterocycles.